The lowest BCUT2D eigenvalue weighted by Gasteiger charge is -2.10. The normalized spacial score (nSPS) is 14.1. The number of carbonyl (C=O) groups is 2. The lowest BCUT2D eigenvalue weighted by Crippen LogP contribution is -2.32. The van der Waals surface area contributed by atoms with Crippen LogP contribution in [0.2, 0.25) is 0 Å². The monoisotopic (exact) mass is 410 g/mol. The third-order valence-electron chi connectivity index (χ3n) is 2.87. The third kappa shape index (κ3) is 3.30. The largest absolute Gasteiger partial charge is 0.311 e. The van der Waals surface area contributed by atoms with Crippen molar-refractivity contribution in [2.24, 2.45) is 5.10 Å². The Morgan fingerprint density at radius 2 is 2.09 bits per heavy atom. The Hall–Kier alpha value is -2.30. The van der Waals surface area contributed by atoms with E-state index in [9.17, 15) is 9.59 Å². The maximum Gasteiger partial charge on any atom is 0.255 e. The molecule has 0 unspecified atom stereocenters. The lowest BCUT2D eigenvalue weighted by atomic mass is 10.3. The minimum Gasteiger partial charge on any atom is -0.311 e. The summed E-state index contributed by atoms with van der Waals surface area (Å²) >= 11 is 1.96. The molecule has 2 amide bonds. The highest BCUT2D eigenvalue weighted by atomic mass is 127. The molecule has 2 aromatic rings. The van der Waals surface area contributed by atoms with E-state index in [0.29, 0.717) is 15.4 Å². The number of amidine groups is 1. The number of nitrogens with zero attached hydrogens (tertiary/aromatic N) is 5. The van der Waals surface area contributed by atoms with Gasteiger partial charge in [-0.25, -0.2) is 9.67 Å². The molecule has 8 nitrogen and oxygen atoms in total. The average Bonchev–Trinajstić information content (AvgIpc) is 3.05. The molecule has 1 aliphatic rings. The highest BCUT2D eigenvalue weighted by Gasteiger charge is 2.26. The first-order valence-electron chi connectivity index (χ1n) is 6.42. The van der Waals surface area contributed by atoms with Crippen LogP contribution in [0.3, 0.4) is 0 Å². The second kappa shape index (κ2) is 6.22. The number of halogens is 1. The van der Waals surface area contributed by atoms with Crippen LogP contribution >= 0.6 is 22.6 Å². The van der Waals surface area contributed by atoms with Gasteiger partial charge in [0, 0.05) is 22.6 Å². The maximum absolute atomic E-state index is 12.0. The predicted molar refractivity (Wildman–Crippen MR) is 86.9 cm³/mol. The number of hydrogen-bond acceptors (Lipinski definition) is 5. The smallest absolute Gasteiger partial charge is 0.255 e. The molecule has 2 heterocycles. The van der Waals surface area contributed by atoms with E-state index in [-0.39, 0.29) is 24.8 Å². The average molecular weight is 410 g/mol. The second-order valence-corrected chi connectivity index (χ2v) is 5.49. The zero-order chi connectivity index (χ0) is 15.5. The van der Waals surface area contributed by atoms with Crippen LogP contribution in [0.1, 0.15) is 6.42 Å². The molecule has 0 bridgehead atoms. The van der Waals surface area contributed by atoms with E-state index < -0.39 is 0 Å². The first-order valence-corrected chi connectivity index (χ1v) is 7.50. The van der Waals surface area contributed by atoms with E-state index in [2.05, 4.69) is 20.5 Å². The van der Waals surface area contributed by atoms with Crippen LogP contribution in [-0.4, -0.2) is 32.4 Å². The van der Waals surface area contributed by atoms with Gasteiger partial charge >= 0.3 is 0 Å². The van der Waals surface area contributed by atoms with Gasteiger partial charge < -0.3 is 5.32 Å². The topological polar surface area (TPSA) is 92.5 Å². The number of carbonyl (C=O) groups excluding carboxylic acids is 2. The van der Waals surface area contributed by atoms with Crippen molar-refractivity contribution in [1.29, 1.82) is 0 Å². The second-order valence-electron chi connectivity index (χ2n) is 4.52. The van der Waals surface area contributed by atoms with Crippen molar-refractivity contribution < 1.29 is 9.59 Å². The Morgan fingerprint density at radius 1 is 1.32 bits per heavy atom. The van der Waals surface area contributed by atoms with Crippen molar-refractivity contribution in [3.05, 3.63) is 40.5 Å². The van der Waals surface area contributed by atoms with Crippen molar-refractivity contribution in [3.63, 3.8) is 0 Å². The van der Waals surface area contributed by atoms with Gasteiger partial charge in [-0.2, -0.15) is 10.1 Å². The summed E-state index contributed by atoms with van der Waals surface area (Å²) in [5.74, 6) is -0.159. The summed E-state index contributed by atoms with van der Waals surface area (Å²) in [4.78, 5) is 27.8. The Bertz CT molecular complexity index is 742. The van der Waals surface area contributed by atoms with Crippen LogP contribution in [0.4, 0.5) is 5.69 Å². The Kier molecular flexibility index (Phi) is 4.13. The van der Waals surface area contributed by atoms with E-state index in [1.54, 1.807) is 12.1 Å². The molecule has 3 rings (SSSR count). The van der Waals surface area contributed by atoms with Gasteiger partial charge in [0.1, 0.15) is 18.7 Å². The molecule has 0 aliphatic carbocycles. The highest BCUT2D eigenvalue weighted by Crippen LogP contribution is 2.18. The van der Waals surface area contributed by atoms with Gasteiger partial charge in [-0.15, -0.1) is 5.10 Å². The Balaban J connectivity index is 1.65. The molecule has 112 valence electrons. The molecule has 1 N–H and O–H groups in total. The SMILES string of the molecule is O=C(Cn1cnc(I)n1)NC1=NN(c2ccccc2)C(=O)C1. The minimum atomic E-state index is -0.303. The van der Waals surface area contributed by atoms with E-state index >= 15 is 0 Å². The van der Waals surface area contributed by atoms with Gasteiger partial charge in [0.15, 0.2) is 0 Å². The fourth-order valence-electron chi connectivity index (χ4n) is 1.97. The standard InChI is InChI=1S/C13H11IN6O2/c14-13-15-8-19(18-13)7-11(21)16-10-6-12(22)20(17-10)9-4-2-1-3-5-9/h1-5,8H,6-7H2,(H,16,17,21). The lowest BCUT2D eigenvalue weighted by molar-refractivity contribution is -0.120. The molecular weight excluding hydrogens is 399 g/mol. The van der Waals surface area contributed by atoms with Gasteiger partial charge in [-0.05, 0) is 12.1 Å². The molecular formula is C13H11IN6O2. The summed E-state index contributed by atoms with van der Waals surface area (Å²) in [5, 5.41) is 12.1. The van der Waals surface area contributed by atoms with Crippen molar-refractivity contribution in [3.8, 4) is 0 Å². The molecule has 0 radical (unpaired) electrons. The van der Waals surface area contributed by atoms with Crippen LogP contribution in [0.15, 0.2) is 41.8 Å². The minimum absolute atomic E-state index is 0.0224. The van der Waals surface area contributed by atoms with Gasteiger partial charge in [0.05, 0.1) is 12.1 Å². The summed E-state index contributed by atoms with van der Waals surface area (Å²) in [6.07, 6.45) is 1.54. The van der Waals surface area contributed by atoms with Crippen LogP contribution in [-0.2, 0) is 16.1 Å². The first kappa shape index (κ1) is 14.6. The number of nitrogens with one attached hydrogen (secondary N) is 1. The van der Waals surface area contributed by atoms with Crippen molar-refractivity contribution in [2.45, 2.75) is 13.0 Å². The summed E-state index contributed by atoms with van der Waals surface area (Å²) in [6.45, 7) is 0.0224. The van der Waals surface area contributed by atoms with Crippen LogP contribution < -0.4 is 10.3 Å². The molecule has 0 spiro atoms. The van der Waals surface area contributed by atoms with Gasteiger partial charge in [-0.1, -0.05) is 18.2 Å². The van der Waals surface area contributed by atoms with Crippen LogP contribution in [0.25, 0.3) is 0 Å². The quantitative estimate of drug-likeness (QED) is 0.757. The molecule has 1 aliphatic heterocycles. The summed E-state index contributed by atoms with van der Waals surface area (Å²) in [7, 11) is 0. The molecule has 1 aromatic heterocycles. The maximum atomic E-state index is 12.0. The highest BCUT2D eigenvalue weighted by molar-refractivity contribution is 14.1. The molecule has 0 fully saturated rings. The van der Waals surface area contributed by atoms with Crippen molar-refractivity contribution >= 4 is 45.9 Å². The predicted octanol–water partition coefficient (Wildman–Crippen LogP) is 0.749. The zero-order valence-electron chi connectivity index (χ0n) is 11.3. The van der Waals surface area contributed by atoms with E-state index in [1.165, 1.54) is 16.0 Å². The summed E-state index contributed by atoms with van der Waals surface area (Å²) < 4.78 is 1.98. The van der Waals surface area contributed by atoms with Gasteiger partial charge in [0.2, 0.25) is 9.74 Å². The number of aromatic nitrogens is 3. The number of para-hydroxylation sites is 1. The van der Waals surface area contributed by atoms with Gasteiger partial charge in [-0.3, -0.25) is 9.59 Å². The fraction of sp³-hybridized carbons (Fsp3) is 0.154. The number of hydrogen-bond donors (Lipinski definition) is 1. The molecule has 0 saturated carbocycles. The number of amides is 2. The van der Waals surface area contributed by atoms with Crippen molar-refractivity contribution in [2.75, 3.05) is 5.01 Å². The van der Waals surface area contributed by atoms with E-state index in [1.807, 2.05) is 40.8 Å². The number of rotatable bonds is 3. The Morgan fingerprint density at radius 3 is 2.77 bits per heavy atom. The molecule has 22 heavy (non-hydrogen) atoms. The van der Waals surface area contributed by atoms with Gasteiger partial charge in [0.25, 0.3) is 5.91 Å². The van der Waals surface area contributed by atoms with E-state index in [4.69, 9.17) is 0 Å². The third-order valence-corrected chi connectivity index (χ3v) is 3.37. The molecule has 0 atom stereocenters. The van der Waals surface area contributed by atoms with Crippen molar-refractivity contribution in [1.82, 2.24) is 20.1 Å². The summed E-state index contributed by atoms with van der Waals surface area (Å²) in [5.41, 5.74) is 0.669. The van der Waals surface area contributed by atoms with Crippen LogP contribution in [0, 0.1) is 3.83 Å². The van der Waals surface area contributed by atoms with E-state index in [0.717, 1.165) is 0 Å². The summed E-state index contributed by atoms with van der Waals surface area (Å²) in [6, 6.07) is 9.06. The zero-order valence-corrected chi connectivity index (χ0v) is 13.5. The molecule has 0 saturated heterocycles. The van der Waals surface area contributed by atoms with Crippen LogP contribution in [0.5, 0.6) is 0 Å². The number of benzene rings is 1. The number of anilines is 1. The molecule has 1 aromatic carbocycles. The first-order chi connectivity index (χ1) is 10.6. The fourth-order valence-corrected chi connectivity index (χ4v) is 2.37. The Labute approximate surface area is 139 Å². The molecule has 9 heteroatoms. The number of hydrazone groups is 1.